The van der Waals surface area contributed by atoms with Gasteiger partial charge in [0.25, 0.3) is 5.56 Å². The van der Waals surface area contributed by atoms with Crippen molar-refractivity contribution >= 4 is 5.69 Å². The van der Waals surface area contributed by atoms with Crippen LogP contribution in [0.3, 0.4) is 0 Å². The topological polar surface area (TPSA) is 61.1 Å². The maximum atomic E-state index is 13.2. The molecular formula is C26H34N4O2. The van der Waals surface area contributed by atoms with Crippen molar-refractivity contribution in [1.82, 2.24) is 14.3 Å². The van der Waals surface area contributed by atoms with Gasteiger partial charge in [0.05, 0.1) is 13.3 Å². The van der Waals surface area contributed by atoms with E-state index in [1.165, 1.54) is 5.56 Å². The van der Waals surface area contributed by atoms with Gasteiger partial charge in [0.15, 0.2) is 0 Å². The summed E-state index contributed by atoms with van der Waals surface area (Å²) in [6.07, 6.45) is 10.1. The summed E-state index contributed by atoms with van der Waals surface area (Å²) >= 11 is 0. The van der Waals surface area contributed by atoms with Crippen LogP contribution in [0.25, 0.3) is 11.1 Å². The Kier molecular flexibility index (Phi) is 6.68. The second-order valence-corrected chi connectivity index (χ2v) is 9.36. The van der Waals surface area contributed by atoms with E-state index in [-0.39, 0.29) is 5.56 Å². The lowest BCUT2D eigenvalue weighted by atomic mass is 9.81. The summed E-state index contributed by atoms with van der Waals surface area (Å²) in [6.45, 7) is 4.97. The van der Waals surface area contributed by atoms with Gasteiger partial charge < -0.3 is 14.6 Å². The van der Waals surface area contributed by atoms with Crippen LogP contribution in [0.5, 0.6) is 5.75 Å². The van der Waals surface area contributed by atoms with Crippen molar-refractivity contribution in [1.29, 1.82) is 0 Å². The molecule has 1 fully saturated rings. The van der Waals surface area contributed by atoms with Crippen LogP contribution < -0.4 is 15.6 Å². The molecule has 3 aromatic rings. The first-order valence-electron chi connectivity index (χ1n) is 11.6. The Bertz CT molecular complexity index is 1090. The summed E-state index contributed by atoms with van der Waals surface area (Å²) in [6, 6.07) is 10.7. The quantitative estimate of drug-likeness (QED) is 0.565. The monoisotopic (exact) mass is 434 g/mol. The maximum Gasteiger partial charge on any atom is 0.273 e. The van der Waals surface area contributed by atoms with E-state index in [2.05, 4.69) is 36.4 Å². The summed E-state index contributed by atoms with van der Waals surface area (Å²) in [5, 5.41) is 7.89. The number of nitrogens with one attached hydrogen (secondary N) is 1. The molecule has 1 aliphatic rings. The molecule has 0 aliphatic heterocycles. The lowest BCUT2D eigenvalue weighted by molar-refractivity contribution is 0.406. The predicted molar refractivity (Wildman–Crippen MR) is 129 cm³/mol. The largest absolute Gasteiger partial charge is 0.497 e. The first-order valence-corrected chi connectivity index (χ1v) is 11.6. The lowest BCUT2D eigenvalue weighted by Gasteiger charge is -2.30. The van der Waals surface area contributed by atoms with Crippen molar-refractivity contribution in [3.8, 4) is 16.9 Å². The van der Waals surface area contributed by atoms with Gasteiger partial charge >= 0.3 is 0 Å². The standard InChI is InChI=1S/C26H34N4O2/c1-18(2)15-30-17-21(22-14-27-29(3)16-22)13-25(26(30)31)28-23-9-5-19(6-10-23)20-7-11-24(32-4)12-8-20/h7-8,11-14,16-19,23,28H,5-6,9-10,15H2,1-4H3/t19-,23+. The molecule has 0 amide bonds. The summed E-state index contributed by atoms with van der Waals surface area (Å²) in [5.41, 5.74) is 4.18. The molecular weight excluding hydrogens is 400 g/mol. The van der Waals surface area contributed by atoms with E-state index < -0.39 is 0 Å². The first kappa shape index (κ1) is 22.2. The number of pyridine rings is 1. The van der Waals surface area contributed by atoms with Gasteiger partial charge in [0.1, 0.15) is 11.4 Å². The smallest absolute Gasteiger partial charge is 0.273 e. The highest BCUT2D eigenvalue weighted by Gasteiger charge is 2.23. The van der Waals surface area contributed by atoms with Crippen LogP contribution in [0.4, 0.5) is 5.69 Å². The van der Waals surface area contributed by atoms with Crippen LogP contribution in [0.15, 0.2) is 53.7 Å². The zero-order valence-corrected chi connectivity index (χ0v) is 19.5. The summed E-state index contributed by atoms with van der Waals surface area (Å²) in [7, 11) is 3.61. The van der Waals surface area contributed by atoms with E-state index >= 15 is 0 Å². The number of aromatic nitrogens is 3. The molecule has 4 rings (SSSR count). The average molecular weight is 435 g/mol. The van der Waals surface area contributed by atoms with Gasteiger partial charge in [0.2, 0.25) is 0 Å². The van der Waals surface area contributed by atoms with Crippen LogP contribution in [0, 0.1) is 5.92 Å². The normalized spacial score (nSPS) is 18.7. The number of anilines is 1. The third-order valence-electron chi connectivity index (χ3n) is 6.36. The number of ether oxygens (including phenoxy) is 1. The average Bonchev–Trinajstić information content (AvgIpc) is 3.23. The Hall–Kier alpha value is -3.02. The summed E-state index contributed by atoms with van der Waals surface area (Å²) < 4.78 is 8.92. The highest BCUT2D eigenvalue weighted by atomic mass is 16.5. The summed E-state index contributed by atoms with van der Waals surface area (Å²) in [4.78, 5) is 13.2. The Balaban J connectivity index is 1.50. The number of hydrogen-bond donors (Lipinski definition) is 1. The van der Waals surface area contributed by atoms with Crippen molar-refractivity contribution in [2.24, 2.45) is 13.0 Å². The van der Waals surface area contributed by atoms with Crippen LogP contribution >= 0.6 is 0 Å². The Morgan fingerprint density at radius 1 is 1.09 bits per heavy atom. The minimum Gasteiger partial charge on any atom is -0.497 e. The molecule has 0 radical (unpaired) electrons. The van der Waals surface area contributed by atoms with Crippen LogP contribution in [0.1, 0.15) is 51.0 Å². The van der Waals surface area contributed by atoms with Crippen molar-refractivity contribution in [3.05, 3.63) is 64.8 Å². The zero-order valence-electron chi connectivity index (χ0n) is 19.5. The molecule has 1 saturated carbocycles. The highest BCUT2D eigenvalue weighted by molar-refractivity contribution is 5.65. The molecule has 32 heavy (non-hydrogen) atoms. The highest BCUT2D eigenvalue weighted by Crippen LogP contribution is 2.34. The molecule has 6 heteroatoms. The molecule has 2 aromatic heterocycles. The number of rotatable bonds is 7. The Labute approximate surface area is 190 Å². The molecule has 0 spiro atoms. The third-order valence-corrected chi connectivity index (χ3v) is 6.36. The van der Waals surface area contributed by atoms with Gasteiger partial charge in [-0.3, -0.25) is 9.48 Å². The predicted octanol–water partition coefficient (Wildman–Crippen LogP) is 5.05. The fourth-order valence-electron chi connectivity index (χ4n) is 4.66. The van der Waals surface area contributed by atoms with E-state index in [1.807, 2.05) is 48.4 Å². The number of hydrogen-bond acceptors (Lipinski definition) is 4. The SMILES string of the molecule is COc1ccc([C@H]2CC[C@@H](Nc3cc(-c4cnn(C)c4)cn(CC(C)C)c3=O)CC2)cc1. The Morgan fingerprint density at radius 3 is 2.41 bits per heavy atom. The molecule has 2 heterocycles. The maximum absolute atomic E-state index is 13.2. The molecule has 0 unspecified atom stereocenters. The van der Waals surface area contributed by atoms with Crippen molar-refractivity contribution in [2.45, 2.75) is 58.0 Å². The van der Waals surface area contributed by atoms with E-state index in [0.29, 0.717) is 30.1 Å². The van der Waals surface area contributed by atoms with E-state index in [9.17, 15) is 4.79 Å². The molecule has 0 saturated heterocycles. The fraction of sp³-hybridized carbons (Fsp3) is 0.462. The van der Waals surface area contributed by atoms with Crippen LogP contribution in [0.2, 0.25) is 0 Å². The van der Waals surface area contributed by atoms with Gasteiger partial charge in [-0.15, -0.1) is 0 Å². The second kappa shape index (κ2) is 9.63. The lowest BCUT2D eigenvalue weighted by Crippen LogP contribution is -2.31. The van der Waals surface area contributed by atoms with Gasteiger partial charge in [-0.05, 0) is 61.3 Å². The number of aryl methyl sites for hydroxylation is 1. The third kappa shape index (κ3) is 5.06. The molecule has 1 aliphatic carbocycles. The molecule has 0 bridgehead atoms. The van der Waals surface area contributed by atoms with Gasteiger partial charge in [-0.1, -0.05) is 26.0 Å². The molecule has 6 nitrogen and oxygen atoms in total. The van der Waals surface area contributed by atoms with Crippen molar-refractivity contribution in [3.63, 3.8) is 0 Å². The van der Waals surface area contributed by atoms with Gasteiger partial charge in [0, 0.05) is 43.2 Å². The van der Waals surface area contributed by atoms with E-state index in [0.717, 1.165) is 42.6 Å². The molecule has 1 N–H and O–H groups in total. The fourth-order valence-corrected chi connectivity index (χ4v) is 4.66. The number of nitrogens with zero attached hydrogens (tertiary/aromatic N) is 3. The second-order valence-electron chi connectivity index (χ2n) is 9.36. The van der Waals surface area contributed by atoms with Gasteiger partial charge in [-0.25, -0.2) is 0 Å². The summed E-state index contributed by atoms with van der Waals surface area (Å²) in [5.74, 6) is 1.86. The first-order chi connectivity index (χ1) is 15.4. The van der Waals surface area contributed by atoms with E-state index in [1.54, 1.807) is 11.8 Å². The molecule has 0 atom stereocenters. The molecule has 170 valence electrons. The minimum absolute atomic E-state index is 0.0589. The number of methoxy groups -OCH3 is 1. The van der Waals surface area contributed by atoms with Crippen LogP contribution in [-0.4, -0.2) is 27.5 Å². The Morgan fingerprint density at radius 2 is 1.81 bits per heavy atom. The zero-order chi connectivity index (χ0) is 22.7. The van der Waals surface area contributed by atoms with E-state index in [4.69, 9.17) is 4.74 Å². The van der Waals surface area contributed by atoms with Crippen molar-refractivity contribution < 1.29 is 4.74 Å². The minimum atomic E-state index is 0.0589. The van der Waals surface area contributed by atoms with Crippen LogP contribution in [-0.2, 0) is 13.6 Å². The molecule has 1 aromatic carbocycles. The number of benzene rings is 1. The van der Waals surface area contributed by atoms with Crippen molar-refractivity contribution in [2.75, 3.05) is 12.4 Å². The van der Waals surface area contributed by atoms with Gasteiger partial charge in [-0.2, -0.15) is 5.10 Å².